The van der Waals surface area contributed by atoms with Crippen molar-refractivity contribution in [3.8, 4) is 0 Å². The summed E-state index contributed by atoms with van der Waals surface area (Å²) < 4.78 is 3.61. The smallest absolute Gasteiger partial charge is 0.242 e. The summed E-state index contributed by atoms with van der Waals surface area (Å²) in [6.07, 6.45) is 5.52. The first-order chi connectivity index (χ1) is 11.0. The highest BCUT2D eigenvalue weighted by Gasteiger charge is 2.22. The Morgan fingerprint density at radius 2 is 2.09 bits per heavy atom. The van der Waals surface area contributed by atoms with Crippen LogP contribution in [-0.4, -0.2) is 25.2 Å². The highest BCUT2D eigenvalue weighted by atomic mass is 16.2. The van der Waals surface area contributed by atoms with Crippen LogP contribution in [0.15, 0.2) is 42.9 Å². The number of imidazole rings is 1. The van der Waals surface area contributed by atoms with Gasteiger partial charge in [0.15, 0.2) is 0 Å². The van der Waals surface area contributed by atoms with Crippen molar-refractivity contribution in [1.29, 1.82) is 0 Å². The molecule has 1 aromatic carbocycles. The number of benzene rings is 1. The number of fused-ring (bicyclic) bond motifs is 1. The van der Waals surface area contributed by atoms with Gasteiger partial charge in [-0.2, -0.15) is 5.10 Å². The molecular weight excluding hydrogens is 290 g/mol. The van der Waals surface area contributed by atoms with E-state index in [1.807, 2.05) is 48.3 Å². The highest BCUT2D eigenvalue weighted by Crippen LogP contribution is 2.19. The van der Waals surface area contributed by atoms with Gasteiger partial charge in [0.1, 0.15) is 12.4 Å². The van der Waals surface area contributed by atoms with Crippen LogP contribution in [0.5, 0.6) is 0 Å². The molecule has 0 saturated heterocycles. The molecular formula is C17H21N5O. The molecule has 0 aliphatic carbocycles. The van der Waals surface area contributed by atoms with E-state index in [0.717, 1.165) is 16.7 Å². The van der Waals surface area contributed by atoms with Crippen LogP contribution < -0.4 is 5.32 Å². The van der Waals surface area contributed by atoms with Crippen LogP contribution >= 0.6 is 0 Å². The third-order valence-corrected chi connectivity index (χ3v) is 3.89. The van der Waals surface area contributed by atoms with Gasteiger partial charge >= 0.3 is 0 Å². The minimum Gasteiger partial charge on any atom is -0.344 e. The largest absolute Gasteiger partial charge is 0.344 e. The monoisotopic (exact) mass is 311 g/mol. The number of hydrogen-bond acceptors (Lipinski definition) is 3. The Hall–Kier alpha value is -2.63. The SMILES string of the molecule is CC(C)C(NC(=O)Cn1cc2ccccc2n1)c1nccn1C. The van der Waals surface area contributed by atoms with E-state index >= 15 is 0 Å². The molecule has 6 nitrogen and oxygen atoms in total. The highest BCUT2D eigenvalue weighted by molar-refractivity contribution is 5.80. The van der Waals surface area contributed by atoms with Crippen LogP contribution in [0.1, 0.15) is 25.7 Å². The van der Waals surface area contributed by atoms with Gasteiger partial charge in [0, 0.05) is 31.0 Å². The van der Waals surface area contributed by atoms with Crippen molar-refractivity contribution in [1.82, 2.24) is 24.6 Å². The molecule has 2 aromatic heterocycles. The number of amides is 1. The van der Waals surface area contributed by atoms with Gasteiger partial charge in [-0.3, -0.25) is 9.48 Å². The maximum Gasteiger partial charge on any atom is 0.242 e. The molecule has 0 fully saturated rings. The van der Waals surface area contributed by atoms with Gasteiger partial charge < -0.3 is 9.88 Å². The number of nitrogens with zero attached hydrogens (tertiary/aromatic N) is 4. The fraction of sp³-hybridized carbons (Fsp3) is 0.353. The fourth-order valence-corrected chi connectivity index (χ4v) is 2.67. The molecule has 0 spiro atoms. The van der Waals surface area contributed by atoms with E-state index in [4.69, 9.17) is 0 Å². The lowest BCUT2D eigenvalue weighted by molar-refractivity contribution is -0.123. The van der Waals surface area contributed by atoms with Gasteiger partial charge in [-0.05, 0) is 12.0 Å². The molecule has 3 aromatic rings. The second kappa shape index (κ2) is 6.24. The Morgan fingerprint density at radius 1 is 1.30 bits per heavy atom. The molecule has 1 atom stereocenters. The van der Waals surface area contributed by atoms with E-state index in [0.29, 0.717) is 0 Å². The van der Waals surface area contributed by atoms with Crippen LogP contribution in [0.3, 0.4) is 0 Å². The quantitative estimate of drug-likeness (QED) is 0.786. The Morgan fingerprint density at radius 3 is 2.74 bits per heavy atom. The van der Waals surface area contributed by atoms with Crippen molar-refractivity contribution >= 4 is 16.8 Å². The van der Waals surface area contributed by atoms with Crippen molar-refractivity contribution < 1.29 is 4.79 Å². The molecule has 2 heterocycles. The third-order valence-electron chi connectivity index (χ3n) is 3.89. The fourth-order valence-electron chi connectivity index (χ4n) is 2.67. The number of carbonyl (C=O) groups excluding carboxylic acids is 1. The molecule has 23 heavy (non-hydrogen) atoms. The zero-order chi connectivity index (χ0) is 16.4. The molecule has 1 amide bonds. The van der Waals surface area contributed by atoms with Crippen molar-refractivity contribution in [2.45, 2.75) is 26.4 Å². The zero-order valence-corrected chi connectivity index (χ0v) is 13.6. The van der Waals surface area contributed by atoms with Gasteiger partial charge in [-0.1, -0.05) is 32.0 Å². The van der Waals surface area contributed by atoms with Crippen molar-refractivity contribution in [2.24, 2.45) is 13.0 Å². The summed E-state index contributed by atoms with van der Waals surface area (Å²) in [5.41, 5.74) is 0.893. The Labute approximate surface area is 135 Å². The van der Waals surface area contributed by atoms with Crippen LogP contribution in [0, 0.1) is 5.92 Å². The summed E-state index contributed by atoms with van der Waals surface area (Å²) in [6, 6.07) is 7.71. The molecule has 0 radical (unpaired) electrons. The maximum atomic E-state index is 12.4. The number of nitrogens with one attached hydrogen (secondary N) is 1. The standard InChI is InChI=1S/C17H21N5O/c1-12(2)16(17-18-8-9-21(17)3)19-15(23)11-22-10-13-6-4-5-7-14(13)20-22/h4-10,12,16H,11H2,1-3H3,(H,19,23). The maximum absolute atomic E-state index is 12.4. The van der Waals surface area contributed by atoms with E-state index in [9.17, 15) is 4.79 Å². The predicted molar refractivity (Wildman–Crippen MR) is 88.7 cm³/mol. The summed E-state index contributed by atoms with van der Waals surface area (Å²) in [7, 11) is 1.93. The lowest BCUT2D eigenvalue weighted by Gasteiger charge is -2.22. The molecule has 0 aliphatic heterocycles. The molecule has 120 valence electrons. The van der Waals surface area contributed by atoms with Crippen LogP contribution in [0.2, 0.25) is 0 Å². The first-order valence-electron chi connectivity index (χ1n) is 7.73. The van der Waals surface area contributed by atoms with Gasteiger partial charge in [0.05, 0.1) is 11.6 Å². The van der Waals surface area contributed by atoms with E-state index in [1.54, 1.807) is 10.9 Å². The lowest BCUT2D eigenvalue weighted by Crippen LogP contribution is -2.35. The second-order valence-corrected chi connectivity index (χ2v) is 6.07. The average molecular weight is 311 g/mol. The average Bonchev–Trinajstić information content (AvgIpc) is 3.09. The zero-order valence-electron chi connectivity index (χ0n) is 13.6. The van der Waals surface area contributed by atoms with Crippen molar-refractivity contribution in [3.63, 3.8) is 0 Å². The lowest BCUT2D eigenvalue weighted by atomic mass is 10.0. The second-order valence-electron chi connectivity index (χ2n) is 6.07. The predicted octanol–water partition coefficient (Wildman–Crippen LogP) is 2.28. The van der Waals surface area contributed by atoms with E-state index < -0.39 is 0 Å². The summed E-state index contributed by atoms with van der Waals surface area (Å²) in [5, 5.41) is 8.52. The minimum absolute atomic E-state index is 0.0699. The summed E-state index contributed by atoms with van der Waals surface area (Å²) in [4.78, 5) is 16.8. The number of rotatable bonds is 5. The van der Waals surface area contributed by atoms with Gasteiger partial charge in [0.2, 0.25) is 5.91 Å². The Bertz CT molecular complexity index is 784. The summed E-state index contributed by atoms with van der Waals surface area (Å²) in [5.74, 6) is 1.04. The van der Waals surface area contributed by atoms with E-state index in [1.165, 1.54) is 0 Å². The van der Waals surface area contributed by atoms with Crippen molar-refractivity contribution in [2.75, 3.05) is 0 Å². The van der Waals surface area contributed by atoms with E-state index in [-0.39, 0.29) is 24.4 Å². The van der Waals surface area contributed by atoms with Crippen LogP contribution in [-0.2, 0) is 18.4 Å². The van der Waals surface area contributed by atoms with Gasteiger partial charge in [-0.25, -0.2) is 4.98 Å². The number of hydrogen-bond donors (Lipinski definition) is 1. The topological polar surface area (TPSA) is 64.7 Å². The molecule has 0 aliphatic rings. The van der Waals surface area contributed by atoms with Gasteiger partial charge in [0.25, 0.3) is 0 Å². The first-order valence-corrected chi connectivity index (χ1v) is 7.73. The summed E-state index contributed by atoms with van der Waals surface area (Å²) >= 11 is 0. The van der Waals surface area contributed by atoms with Crippen LogP contribution in [0.4, 0.5) is 0 Å². The molecule has 6 heteroatoms. The number of aromatic nitrogens is 4. The van der Waals surface area contributed by atoms with Crippen molar-refractivity contribution in [3.05, 3.63) is 48.7 Å². The molecule has 1 unspecified atom stereocenters. The number of aryl methyl sites for hydroxylation is 1. The van der Waals surface area contributed by atoms with E-state index in [2.05, 4.69) is 29.2 Å². The molecule has 0 bridgehead atoms. The minimum atomic E-state index is -0.118. The molecule has 0 saturated carbocycles. The van der Waals surface area contributed by atoms with Crippen LogP contribution in [0.25, 0.3) is 10.9 Å². The normalized spacial score (nSPS) is 12.7. The first kappa shape index (κ1) is 15.3. The van der Waals surface area contributed by atoms with Gasteiger partial charge in [-0.15, -0.1) is 0 Å². The summed E-state index contributed by atoms with van der Waals surface area (Å²) in [6.45, 7) is 4.34. The molecule has 1 N–H and O–H groups in total. The molecule has 3 rings (SSSR count). The third kappa shape index (κ3) is 3.26. The Kier molecular flexibility index (Phi) is 4.14. The Balaban J connectivity index is 1.73. The number of carbonyl (C=O) groups is 1.